The maximum atomic E-state index is 5.20. The summed E-state index contributed by atoms with van der Waals surface area (Å²) in [5, 5.41) is 0. The Bertz CT molecular complexity index is 359. The van der Waals surface area contributed by atoms with Gasteiger partial charge >= 0.3 is 0 Å². The number of ether oxygens (including phenoxy) is 2. The van der Waals surface area contributed by atoms with E-state index in [9.17, 15) is 0 Å². The van der Waals surface area contributed by atoms with Crippen LogP contribution in [0.5, 0.6) is 11.5 Å². The Kier molecular flexibility index (Phi) is 3.58. The lowest BCUT2D eigenvalue weighted by atomic mass is 10.1. The van der Waals surface area contributed by atoms with E-state index < -0.39 is 0 Å². The average molecular weight is 257 g/mol. The number of hydrogen-bond donors (Lipinski definition) is 0. The monoisotopic (exact) mass is 256 g/mol. The van der Waals surface area contributed by atoms with Crippen molar-refractivity contribution in [3.8, 4) is 11.5 Å². The van der Waals surface area contributed by atoms with Crippen molar-refractivity contribution in [2.24, 2.45) is 0 Å². The summed E-state index contributed by atoms with van der Waals surface area (Å²) in [6, 6.07) is 3.84. The fraction of sp³-hybridized carbons (Fsp3) is 0.273. The second-order valence-electron chi connectivity index (χ2n) is 2.93. The van der Waals surface area contributed by atoms with Gasteiger partial charge in [0.05, 0.1) is 14.2 Å². The van der Waals surface area contributed by atoms with Gasteiger partial charge in [-0.15, -0.1) is 0 Å². The predicted molar refractivity (Wildman–Crippen MR) is 62.2 cm³/mol. The molecule has 0 amide bonds. The molecule has 0 aliphatic heterocycles. The normalized spacial score (nSPS) is 9.71. The van der Waals surface area contributed by atoms with E-state index in [2.05, 4.69) is 22.5 Å². The topological polar surface area (TPSA) is 18.5 Å². The summed E-state index contributed by atoms with van der Waals surface area (Å²) in [7, 11) is 3.24. The van der Waals surface area contributed by atoms with E-state index in [1.807, 2.05) is 19.1 Å². The van der Waals surface area contributed by atoms with E-state index in [1.54, 1.807) is 14.2 Å². The molecule has 3 heteroatoms. The Labute approximate surface area is 92.7 Å². The van der Waals surface area contributed by atoms with Gasteiger partial charge < -0.3 is 9.47 Å². The Balaban J connectivity index is 3.30. The van der Waals surface area contributed by atoms with E-state index in [1.165, 1.54) is 0 Å². The first-order valence-electron chi connectivity index (χ1n) is 4.17. The molecule has 1 aromatic carbocycles. The van der Waals surface area contributed by atoms with Gasteiger partial charge in [-0.25, -0.2) is 0 Å². The first-order chi connectivity index (χ1) is 6.60. The van der Waals surface area contributed by atoms with Crippen LogP contribution in [0, 0.1) is 6.92 Å². The SMILES string of the molecule is C=C(Br)c1cc(OC)c(OC)cc1C. The summed E-state index contributed by atoms with van der Waals surface area (Å²) in [5.41, 5.74) is 2.13. The van der Waals surface area contributed by atoms with Gasteiger partial charge in [-0.1, -0.05) is 22.5 Å². The number of hydrogen-bond acceptors (Lipinski definition) is 2. The molecule has 76 valence electrons. The summed E-state index contributed by atoms with van der Waals surface area (Å²) >= 11 is 3.35. The van der Waals surface area contributed by atoms with Crippen molar-refractivity contribution in [3.63, 3.8) is 0 Å². The smallest absolute Gasteiger partial charge is 0.161 e. The molecule has 14 heavy (non-hydrogen) atoms. The van der Waals surface area contributed by atoms with Crippen LogP contribution in [-0.2, 0) is 0 Å². The Hall–Kier alpha value is -0.960. The fourth-order valence-corrected chi connectivity index (χ4v) is 1.70. The van der Waals surface area contributed by atoms with E-state index in [4.69, 9.17) is 9.47 Å². The van der Waals surface area contributed by atoms with Crippen LogP contribution in [-0.4, -0.2) is 14.2 Å². The van der Waals surface area contributed by atoms with Crippen LogP contribution in [0.15, 0.2) is 18.7 Å². The van der Waals surface area contributed by atoms with Crippen molar-refractivity contribution in [3.05, 3.63) is 29.8 Å². The summed E-state index contributed by atoms with van der Waals surface area (Å²) in [4.78, 5) is 0. The zero-order valence-electron chi connectivity index (χ0n) is 8.56. The minimum absolute atomic E-state index is 0.716. The van der Waals surface area contributed by atoms with Crippen LogP contribution in [0.2, 0.25) is 0 Å². The quantitative estimate of drug-likeness (QED) is 0.826. The van der Waals surface area contributed by atoms with Gasteiger partial charge in [0.2, 0.25) is 0 Å². The van der Waals surface area contributed by atoms with Crippen molar-refractivity contribution >= 4 is 20.4 Å². The number of benzene rings is 1. The van der Waals surface area contributed by atoms with Crippen molar-refractivity contribution in [1.29, 1.82) is 0 Å². The van der Waals surface area contributed by atoms with E-state index in [-0.39, 0.29) is 0 Å². The Morgan fingerprint density at radius 3 is 2.14 bits per heavy atom. The largest absolute Gasteiger partial charge is 0.493 e. The second kappa shape index (κ2) is 4.51. The molecule has 0 unspecified atom stereocenters. The van der Waals surface area contributed by atoms with Crippen LogP contribution in [0.3, 0.4) is 0 Å². The highest BCUT2D eigenvalue weighted by molar-refractivity contribution is 9.15. The lowest BCUT2D eigenvalue weighted by Crippen LogP contribution is -1.93. The minimum atomic E-state index is 0.716. The van der Waals surface area contributed by atoms with E-state index >= 15 is 0 Å². The molecular weight excluding hydrogens is 244 g/mol. The number of rotatable bonds is 3. The molecule has 0 saturated heterocycles. The lowest BCUT2D eigenvalue weighted by Gasteiger charge is -2.11. The molecule has 1 aromatic rings. The summed E-state index contributed by atoms with van der Waals surface area (Å²) in [6.07, 6.45) is 0. The van der Waals surface area contributed by atoms with Gasteiger partial charge in [0, 0.05) is 4.48 Å². The molecule has 0 atom stereocenters. The van der Waals surface area contributed by atoms with Crippen molar-refractivity contribution < 1.29 is 9.47 Å². The highest BCUT2D eigenvalue weighted by atomic mass is 79.9. The van der Waals surface area contributed by atoms with Gasteiger partial charge in [-0.3, -0.25) is 0 Å². The van der Waals surface area contributed by atoms with Crippen LogP contribution < -0.4 is 9.47 Å². The maximum absolute atomic E-state index is 5.20. The highest BCUT2D eigenvalue weighted by Gasteiger charge is 2.08. The molecular formula is C11H13BrO2. The van der Waals surface area contributed by atoms with Crippen LogP contribution >= 0.6 is 15.9 Å². The third kappa shape index (κ3) is 2.10. The van der Waals surface area contributed by atoms with Crippen LogP contribution in [0.4, 0.5) is 0 Å². The standard InChI is InChI=1S/C11H13BrO2/c1-7-5-10(13-3)11(14-4)6-9(7)8(2)12/h5-6H,2H2,1,3-4H3. The third-order valence-electron chi connectivity index (χ3n) is 2.02. The molecule has 1 rings (SSSR count). The molecule has 0 aromatic heterocycles. The molecule has 0 radical (unpaired) electrons. The van der Waals surface area contributed by atoms with Gasteiger partial charge in [0.1, 0.15) is 0 Å². The predicted octanol–water partition coefficient (Wildman–Crippen LogP) is 3.38. The highest BCUT2D eigenvalue weighted by Crippen LogP contribution is 2.34. The first kappa shape index (κ1) is 11.1. The minimum Gasteiger partial charge on any atom is -0.493 e. The molecule has 0 fully saturated rings. The molecule has 0 aliphatic rings. The fourth-order valence-electron chi connectivity index (χ4n) is 1.27. The van der Waals surface area contributed by atoms with Crippen molar-refractivity contribution in [2.75, 3.05) is 14.2 Å². The molecule has 0 heterocycles. The summed E-state index contributed by atoms with van der Waals surface area (Å²) in [5.74, 6) is 1.45. The van der Waals surface area contributed by atoms with Gasteiger partial charge in [-0.2, -0.15) is 0 Å². The number of methoxy groups -OCH3 is 2. The zero-order chi connectivity index (χ0) is 10.7. The molecule has 0 N–H and O–H groups in total. The van der Waals surface area contributed by atoms with Gasteiger partial charge in [0.15, 0.2) is 11.5 Å². The van der Waals surface area contributed by atoms with Gasteiger partial charge in [-0.05, 0) is 30.2 Å². The maximum Gasteiger partial charge on any atom is 0.161 e. The van der Waals surface area contributed by atoms with Crippen LogP contribution in [0.25, 0.3) is 4.48 Å². The molecule has 0 saturated carbocycles. The van der Waals surface area contributed by atoms with E-state index in [0.29, 0.717) is 5.75 Å². The second-order valence-corrected chi connectivity index (χ2v) is 3.88. The summed E-state index contributed by atoms with van der Waals surface area (Å²) in [6.45, 7) is 5.84. The van der Waals surface area contributed by atoms with Crippen molar-refractivity contribution in [2.45, 2.75) is 6.92 Å². The third-order valence-corrected chi connectivity index (χ3v) is 2.45. The first-order valence-corrected chi connectivity index (χ1v) is 4.96. The number of aryl methyl sites for hydroxylation is 1. The molecule has 0 aliphatic carbocycles. The molecule has 0 spiro atoms. The summed E-state index contributed by atoms with van der Waals surface area (Å²) < 4.78 is 11.2. The zero-order valence-corrected chi connectivity index (χ0v) is 10.1. The molecule has 0 bridgehead atoms. The van der Waals surface area contributed by atoms with Crippen molar-refractivity contribution in [1.82, 2.24) is 0 Å². The van der Waals surface area contributed by atoms with E-state index in [0.717, 1.165) is 21.4 Å². The average Bonchev–Trinajstić information content (AvgIpc) is 2.16. The van der Waals surface area contributed by atoms with Crippen LogP contribution in [0.1, 0.15) is 11.1 Å². The Morgan fingerprint density at radius 2 is 1.71 bits per heavy atom. The van der Waals surface area contributed by atoms with Gasteiger partial charge in [0.25, 0.3) is 0 Å². The number of halogens is 1. The Morgan fingerprint density at radius 1 is 1.21 bits per heavy atom. The lowest BCUT2D eigenvalue weighted by molar-refractivity contribution is 0.354. The molecule has 2 nitrogen and oxygen atoms in total.